The highest BCUT2D eigenvalue weighted by Gasteiger charge is 2.33. The van der Waals surface area contributed by atoms with E-state index in [2.05, 4.69) is 10.3 Å². The van der Waals surface area contributed by atoms with E-state index in [1.807, 2.05) is 13.8 Å². The summed E-state index contributed by atoms with van der Waals surface area (Å²) in [6.45, 7) is 3.78. The monoisotopic (exact) mass is 415 g/mol. The zero-order chi connectivity index (χ0) is 20.9. The van der Waals surface area contributed by atoms with Crippen LogP contribution in [0.5, 0.6) is 5.75 Å². The molecule has 1 aliphatic heterocycles. The standard InChI is InChI=1S/C20H21N3O5S/c1-10(2)17-19(24)22-15-7-11(9-29(26)27)6-13(18(15)28-17)14-8-23(3)20(25)16-12(14)4-5-21-16/h4-8,10,17,21,29H,9H2,1-3H3,(H,22,24). The van der Waals surface area contributed by atoms with Crippen LogP contribution in [-0.2, 0) is 28.3 Å². The van der Waals surface area contributed by atoms with E-state index in [9.17, 15) is 18.0 Å². The van der Waals surface area contributed by atoms with E-state index in [0.29, 0.717) is 39.0 Å². The Hall–Kier alpha value is -3.07. The maximum Gasteiger partial charge on any atom is 0.274 e. The first-order valence-electron chi connectivity index (χ1n) is 9.19. The van der Waals surface area contributed by atoms with Crippen LogP contribution >= 0.6 is 0 Å². The lowest BCUT2D eigenvalue weighted by molar-refractivity contribution is -0.125. The third kappa shape index (κ3) is 3.31. The number of nitrogens with one attached hydrogen (secondary N) is 2. The Labute approximate surface area is 168 Å². The van der Waals surface area contributed by atoms with Gasteiger partial charge in [-0.15, -0.1) is 0 Å². The van der Waals surface area contributed by atoms with Crippen molar-refractivity contribution in [2.24, 2.45) is 13.0 Å². The third-order valence-corrected chi connectivity index (χ3v) is 5.63. The largest absolute Gasteiger partial charge is 0.477 e. The molecule has 8 nitrogen and oxygen atoms in total. The smallest absolute Gasteiger partial charge is 0.274 e. The van der Waals surface area contributed by atoms with Crippen LogP contribution in [0.4, 0.5) is 5.69 Å². The Balaban J connectivity index is 2.02. The van der Waals surface area contributed by atoms with Crippen LogP contribution < -0.4 is 15.6 Å². The highest BCUT2D eigenvalue weighted by atomic mass is 32.2. The number of fused-ring (bicyclic) bond motifs is 2. The summed E-state index contributed by atoms with van der Waals surface area (Å²) in [5.41, 5.74) is 2.56. The van der Waals surface area contributed by atoms with Crippen LogP contribution in [0.25, 0.3) is 22.0 Å². The van der Waals surface area contributed by atoms with Gasteiger partial charge in [-0.3, -0.25) is 9.59 Å². The number of hydrogen-bond acceptors (Lipinski definition) is 5. The molecule has 3 aromatic rings. The van der Waals surface area contributed by atoms with Crippen LogP contribution in [-0.4, -0.2) is 30.0 Å². The molecule has 9 heteroatoms. The summed E-state index contributed by atoms with van der Waals surface area (Å²) in [5.74, 6) is -0.0240. The zero-order valence-electron chi connectivity index (χ0n) is 16.2. The Morgan fingerprint density at radius 1 is 1.21 bits per heavy atom. The van der Waals surface area contributed by atoms with Crippen LogP contribution in [0.2, 0.25) is 0 Å². The van der Waals surface area contributed by atoms with Crippen molar-refractivity contribution in [3.05, 3.63) is 46.5 Å². The Bertz CT molecular complexity index is 1260. The summed E-state index contributed by atoms with van der Waals surface area (Å²) in [7, 11) is -1.00. The van der Waals surface area contributed by atoms with Crippen molar-refractivity contribution in [1.82, 2.24) is 9.55 Å². The van der Waals surface area contributed by atoms with E-state index in [0.717, 1.165) is 0 Å². The van der Waals surface area contributed by atoms with Gasteiger partial charge in [0, 0.05) is 36.0 Å². The molecule has 2 N–H and O–H groups in total. The predicted octanol–water partition coefficient (Wildman–Crippen LogP) is 2.00. The summed E-state index contributed by atoms with van der Waals surface area (Å²) in [6, 6.07) is 5.15. The number of aromatic nitrogens is 2. The summed E-state index contributed by atoms with van der Waals surface area (Å²) >= 11 is 0. The van der Waals surface area contributed by atoms with Gasteiger partial charge >= 0.3 is 0 Å². The van der Waals surface area contributed by atoms with Gasteiger partial charge < -0.3 is 19.6 Å². The van der Waals surface area contributed by atoms with Crippen molar-refractivity contribution in [1.29, 1.82) is 0 Å². The number of aryl methyl sites for hydroxylation is 1. The molecule has 29 heavy (non-hydrogen) atoms. The molecule has 0 radical (unpaired) electrons. The number of ether oxygens (including phenoxy) is 1. The molecule has 1 aromatic carbocycles. The molecule has 0 bridgehead atoms. The molecule has 1 aliphatic rings. The molecule has 4 rings (SSSR count). The van der Waals surface area contributed by atoms with Gasteiger partial charge in [0.05, 0.1) is 11.4 Å². The highest BCUT2D eigenvalue weighted by Crippen LogP contribution is 2.43. The average Bonchev–Trinajstić information content (AvgIpc) is 3.13. The minimum atomic E-state index is -2.65. The van der Waals surface area contributed by atoms with E-state index in [1.165, 1.54) is 4.57 Å². The number of amides is 1. The summed E-state index contributed by atoms with van der Waals surface area (Å²) in [6.07, 6.45) is 2.71. The van der Waals surface area contributed by atoms with Crippen LogP contribution in [0.1, 0.15) is 19.4 Å². The topological polar surface area (TPSA) is 110 Å². The number of H-pyrrole nitrogens is 1. The highest BCUT2D eigenvalue weighted by molar-refractivity contribution is 7.71. The molecule has 1 unspecified atom stereocenters. The van der Waals surface area contributed by atoms with Gasteiger partial charge in [-0.2, -0.15) is 0 Å². The van der Waals surface area contributed by atoms with E-state index in [4.69, 9.17) is 4.74 Å². The summed E-state index contributed by atoms with van der Waals surface area (Å²) < 4.78 is 30.2. The minimum Gasteiger partial charge on any atom is -0.477 e. The first-order chi connectivity index (χ1) is 13.8. The molecule has 0 saturated carbocycles. The molecule has 152 valence electrons. The van der Waals surface area contributed by atoms with Crippen LogP contribution in [0.3, 0.4) is 0 Å². The molecular weight excluding hydrogens is 394 g/mol. The van der Waals surface area contributed by atoms with Crippen LogP contribution in [0.15, 0.2) is 35.4 Å². The van der Waals surface area contributed by atoms with Gasteiger partial charge in [0.1, 0.15) is 16.2 Å². The van der Waals surface area contributed by atoms with Gasteiger partial charge in [0.2, 0.25) is 0 Å². The van der Waals surface area contributed by atoms with Gasteiger partial charge in [0.15, 0.2) is 11.9 Å². The number of thiol groups is 1. The number of rotatable bonds is 4. The van der Waals surface area contributed by atoms with Gasteiger partial charge in [-0.25, -0.2) is 8.42 Å². The molecule has 3 heterocycles. The Morgan fingerprint density at radius 3 is 2.66 bits per heavy atom. The number of carbonyl (C=O) groups is 1. The predicted molar refractivity (Wildman–Crippen MR) is 111 cm³/mol. The number of aromatic amines is 1. The van der Waals surface area contributed by atoms with E-state index >= 15 is 0 Å². The second-order valence-electron chi connectivity index (χ2n) is 7.51. The lowest BCUT2D eigenvalue weighted by Crippen LogP contribution is -2.40. The van der Waals surface area contributed by atoms with E-state index in [1.54, 1.807) is 37.6 Å². The van der Waals surface area contributed by atoms with Crippen molar-refractivity contribution in [3.63, 3.8) is 0 Å². The number of benzene rings is 1. The normalized spacial score (nSPS) is 16.2. The van der Waals surface area contributed by atoms with Crippen molar-refractivity contribution in [3.8, 4) is 16.9 Å². The number of pyridine rings is 1. The second-order valence-corrected chi connectivity index (χ2v) is 8.49. The Kier molecular flexibility index (Phi) is 4.70. The molecule has 0 spiro atoms. The van der Waals surface area contributed by atoms with Crippen molar-refractivity contribution in [2.45, 2.75) is 25.7 Å². The van der Waals surface area contributed by atoms with Gasteiger partial charge in [0.25, 0.3) is 11.5 Å². The van der Waals surface area contributed by atoms with Gasteiger partial charge in [-0.1, -0.05) is 13.8 Å². The molecule has 0 fully saturated rings. The van der Waals surface area contributed by atoms with E-state index in [-0.39, 0.29) is 23.1 Å². The van der Waals surface area contributed by atoms with Crippen molar-refractivity contribution < 1.29 is 17.9 Å². The molecule has 0 aliphatic carbocycles. The quantitative estimate of drug-likeness (QED) is 0.565. The molecule has 1 atom stereocenters. The fraction of sp³-hybridized carbons (Fsp3) is 0.300. The fourth-order valence-electron chi connectivity index (χ4n) is 3.66. The molecule has 1 amide bonds. The number of hydrogen-bond donors (Lipinski definition) is 3. The average molecular weight is 415 g/mol. The Morgan fingerprint density at radius 2 is 1.97 bits per heavy atom. The minimum absolute atomic E-state index is 0.0563. The fourth-order valence-corrected chi connectivity index (χ4v) is 4.14. The van der Waals surface area contributed by atoms with Crippen molar-refractivity contribution >= 4 is 33.2 Å². The third-order valence-electron chi connectivity index (χ3n) is 5.01. The second kappa shape index (κ2) is 7.07. The van der Waals surface area contributed by atoms with Crippen molar-refractivity contribution in [2.75, 3.05) is 5.32 Å². The SMILES string of the molecule is CC(C)C1Oc2c(cc(C[SH](=O)=O)cc2-c2cn(C)c(=O)c3[nH]ccc23)NC1=O. The summed E-state index contributed by atoms with van der Waals surface area (Å²) in [5, 5.41) is 3.54. The molecule has 2 aromatic heterocycles. The summed E-state index contributed by atoms with van der Waals surface area (Å²) in [4.78, 5) is 27.8. The van der Waals surface area contributed by atoms with Gasteiger partial charge in [-0.05, 0) is 29.7 Å². The lowest BCUT2D eigenvalue weighted by Gasteiger charge is -2.30. The molecular formula is C20H21N3O5S. The maximum atomic E-state index is 12.4. The van der Waals surface area contributed by atoms with E-state index < -0.39 is 16.8 Å². The lowest BCUT2D eigenvalue weighted by atomic mass is 9.97. The zero-order valence-corrected chi connectivity index (χ0v) is 17.1. The molecule has 0 saturated heterocycles. The first kappa shape index (κ1) is 19.3. The van der Waals surface area contributed by atoms with Crippen LogP contribution in [0, 0.1) is 5.92 Å². The number of nitrogens with zero attached hydrogens (tertiary/aromatic N) is 1. The number of anilines is 1. The maximum absolute atomic E-state index is 12.4. The number of carbonyl (C=O) groups excluding carboxylic acids is 1. The first-order valence-corrected chi connectivity index (χ1v) is 10.6.